The number of amides is 2. The molecule has 1 aliphatic heterocycles. The second-order valence-electron chi connectivity index (χ2n) is 8.43. The van der Waals surface area contributed by atoms with Crippen molar-refractivity contribution in [2.75, 3.05) is 31.6 Å². The molecule has 1 heterocycles. The fraction of sp³-hybridized carbons (Fsp3) is 0.400. The van der Waals surface area contributed by atoms with Gasteiger partial charge in [-0.2, -0.15) is 0 Å². The Bertz CT molecular complexity index is 1220. The minimum atomic E-state index is -3.86. The summed E-state index contributed by atoms with van der Waals surface area (Å²) in [7, 11) is -3.86. The minimum absolute atomic E-state index is 0.0987. The summed E-state index contributed by atoms with van der Waals surface area (Å²) in [6.07, 6.45) is 1.92. The molecular formula is C25H31N3O8S. The highest BCUT2D eigenvalue weighted by molar-refractivity contribution is 7.89. The van der Waals surface area contributed by atoms with Gasteiger partial charge >= 0.3 is 5.97 Å². The molecule has 1 atom stereocenters. The van der Waals surface area contributed by atoms with Crippen molar-refractivity contribution in [1.82, 2.24) is 4.90 Å². The number of hydrogen-bond acceptors (Lipinski definition) is 8. The van der Waals surface area contributed by atoms with Crippen LogP contribution in [0.4, 0.5) is 5.69 Å². The van der Waals surface area contributed by atoms with Crippen LogP contribution in [-0.4, -0.2) is 63.5 Å². The molecule has 1 aliphatic rings. The van der Waals surface area contributed by atoms with Gasteiger partial charge in [-0.1, -0.05) is 0 Å². The largest absolute Gasteiger partial charge is 0.490 e. The van der Waals surface area contributed by atoms with Crippen LogP contribution in [0.1, 0.15) is 43.5 Å². The zero-order valence-corrected chi connectivity index (χ0v) is 21.6. The summed E-state index contributed by atoms with van der Waals surface area (Å²) in [6, 6.07) is 9.65. The molecule has 12 heteroatoms. The van der Waals surface area contributed by atoms with Crippen LogP contribution in [0.3, 0.4) is 0 Å². The number of primary sulfonamides is 1. The number of nitrogens with two attached hydrogens (primary N) is 1. The van der Waals surface area contributed by atoms with E-state index in [2.05, 4.69) is 5.32 Å². The van der Waals surface area contributed by atoms with Gasteiger partial charge in [-0.15, -0.1) is 0 Å². The second-order valence-corrected chi connectivity index (χ2v) is 9.99. The van der Waals surface area contributed by atoms with E-state index in [0.29, 0.717) is 18.0 Å². The lowest BCUT2D eigenvalue weighted by Gasteiger charge is -2.26. The van der Waals surface area contributed by atoms with Crippen LogP contribution in [-0.2, 0) is 24.3 Å². The third-order valence-corrected chi connectivity index (χ3v) is 6.57. The van der Waals surface area contributed by atoms with Crippen molar-refractivity contribution in [2.24, 2.45) is 5.14 Å². The van der Waals surface area contributed by atoms with Crippen LogP contribution in [0.25, 0.3) is 0 Å². The molecular weight excluding hydrogens is 502 g/mol. The van der Waals surface area contributed by atoms with E-state index in [1.807, 2.05) is 0 Å². The maximum atomic E-state index is 12.7. The van der Waals surface area contributed by atoms with Gasteiger partial charge in [0.15, 0.2) is 24.2 Å². The molecule has 3 N–H and O–H groups in total. The number of carbonyl (C=O) groups is 3. The topological polar surface area (TPSA) is 154 Å². The zero-order valence-electron chi connectivity index (χ0n) is 20.8. The number of benzene rings is 2. The molecule has 0 spiro atoms. The molecule has 37 heavy (non-hydrogen) atoms. The average molecular weight is 534 g/mol. The Morgan fingerprint density at radius 3 is 2.30 bits per heavy atom. The Labute approximate surface area is 215 Å². The highest BCUT2D eigenvalue weighted by Gasteiger charge is 2.22. The molecule has 1 saturated heterocycles. The Morgan fingerprint density at radius 2 is 1.68 bits per heavy atom. The predicted molar refractivity (Wildman–Crippen MR) is 135 cm³/mol. The number of anilines is 1. The third-order valence-electron chi connectivity index (χ3n) is 5.64. The Hall–Kier alpha value is -3.64. The summed E-state index contributed by atoms with van der Waals surface area (Å²) in [6.45, 7) is 4.78. The number of carbonyl (C=O) groups excluding carboxylic acids is 3. The van der Waals surface area contributed by atoms with E-state index in [9.17, 15) is 22.8 Å². The number of rotatable bonds is 10. The third kappa shape index (κ3) is 7.92. The maximum absolute atomic E-state index is 12.7. The fourth-order valence-corrected chi connectivity index (χ4v) is 4.17. The SMILES string of the molecule is CCOc1cc(C(=O)OC(C)C(=O)Nc2ccc(S(N)(=O)=O)cc2)ccc1OCC(=O)N1CCCCC1. The number of esters is 1. The summed E-state index contributed by atoms with van der Waals surface area (Å²) in [5.74, 6) is -0.889. The van der Waals surface area contributed by atoms with Crippen LogP contribution < -0.4 is 19.9 Å². The van der Waals surface area contributed by atoms with Crippen molar-refractivity contribution < 1.29 is 37.0 Å². The minimum Gasteiger partial charge on any atom is -0.490 e. The number of nitrogens with one attached hydrogen (secondary N) is 1. The van der Waals surface area contributed by atoms with Crippen molar-refractivity contribution >= 4 is 33.5 Å². The van der Waals surface area contributed by atoms with Crippen molar-refractivity contribution in [3.05, 3.63) is 48.0 Å². The van der Waals surface area contributed by atoms with Crippen molar-refractivity contribution in [2.45, 2.75) is 44.1 Å². The monoisotopic (exact) mass is 533 g/mol. The molecule has 1 unspecified atom stereocenters. The zero-order chi connectivity index (χ0) is 27.0. The van der Waals surface area contributed by atoms with Crippen LogP contribution in [0.5, 0.6) is 11.5 Å². The van der Waals surface area contributed by atoms with E-state index in [4.69, 9.17) is 19.3 Å². The molecule has 0 aliphatic carbocycles. The number of sulfonamides is 1. The molecule has 0 saturated carbocycles. The first kappa shape index (κ1) is 27.9. The van der Waals surface area contributed by atoms with E-state index in [1.54, 1.807) is 11.8 Å². The van der Waals surface area contributed by atoms with E-state index >= 15 is 0 Å². The molecule has 2 amide bonds. The number of ether oxygens (including phenoxy) is 3. The highest BCUT2D eigenvalue weighted by Crippen LogP contribution is 2.29. The summed E-state index contributed by atoms with van der Waals surface area (Å²) in [5.41, 5.74) is 0.440. The fourth-order valence-electron chi connectivity index (χ4n) is 3.65. The van der Waals surface area contributed by atoms with Crippen LogP contribution in [0.2, 0.25) is 0 Å². The smallest absolute Gasteiger partial charge is 0.339 e. The van der Waals surface area contributed by atoms with Crippen molar-refractivity contribution in [3.8, 4) is 11.5 Å². The normalized spacial score (nSPS) is 14.4. The summed E-state index contributed by atoms with van der Waals surface area (Å²) in [5, 5.41) is 7.60. The van der Waals surface area contributed by atoms with Gasteiger partial charge in [0, 0.05) is 18.8 Å². The predicted octanol–water partition coefficient (Wildman–Crippen LogP) is 2.31. The van der Waals surface area contributed by atoms with E-state index < -0.39 is 28.0 Å². The van der Waals surface area contributed by atoms with Gasteiger partial charge in [0.25, 0.3) is 11.8 Å². The Morgan fingerprint density at radius 1 is 1.00 bits per heavy atom. The van der Waals surface area contributed by atoms with Crippen LogP contribution >= 0.6 is 0 Å². The number of nitrogens with zero attached hydrogens (tertiary/aromatic N) is 1. The van der Waals surface area contributed by atoms with Crippen molar-refractivity contribution in [1.29, 1.82) is 0 Å². The number of hydrogen-bond donors (Lipinski definition) is 2. The molecule has 0 radical (unpaired) electrons. The lowest BCUT2D eigenvalue weighted by Crippen LogP contribution is -2.38. The Kier molecular flexibility index (Phi) is 9.48. The van der Waals surface area contributed by atoms with Gasteiger partial charge in [0.05, 0.1) is 17.1 Å². The van der Waals surface area contributed by atoms with E-state index in [1.165, 1.54) is 49.4 Å². The van der Waals surface area contributed by atoms with Gasteiger partial charge in [0.2, 0.25) is 10.0 Å². The quantitative estimate of drug-likeness (QED) is 0.441. The summed E-state index contributed by atoms with van der Waals surface area (Å²) in [4.78, 5) is 39.2. The highest BCUT2D eigenvalue weighted by atomic mass is 32.2. The molecule has 0 aromatic heterocycles. The average Bonchev–Trinajstić information content (AvgIpc) is 2.88. The summed E-state index contributed by atoms with van der Waals surface area (Å²) >= 11 is 0. The first-order chi connectivity index (χ1) is 17.6. The van der Waals surface area contributed by atoms with Crippen molar-refractivity contribution in [3.63, 3.8) is 0 Å². The van der Waals surface area contributed by atoms with Gasteiger partial charge in [0.1, 0.15) is 0 Å². The molecule has 200 valence electrons. The van der Waals surface area contributed by atoms with Gasteiger partial charge < -0.3 is 24.4 Å². The summed E-state index contributed by atoms with van der Waals surface area (Å²) < 4.78 is 39.2. The number of likely N-dealkylation sites (tertiary alicyclic amines) is 1. The molecule has 2 aromatic rings. The van der Waals surface area contributed by atoms with Gasteiger partial charge in [-0.05, 0) is 75.6 Å². The first-order valence-electron chi connectivity index (χ1n) is 11.9. The molecule has 2 aromatic carbocycles. The van der Waals surface area contributed by atoms with Gasteiger partial charge in [-0.3, -0.25) is 9.59 Å². The lowest BCUT2D eigenvalue weighted by atomic mass is 10.1. The molecule has 11 nitrogen and oxygen atoms in total. The van der Waals surface area contributed by atoms with E-state index in [-0.39, 0.29) is 28.7 Å². The van der Waals surface area contributed by atoms with Gasteiger partial charge in [-0.25, -0.2) is 18.4 Å². The molecule has 1 fully saturated rings. The Balaban J connectivity index is 1.60. The first-order valence-corrected chi connectivity index (χ1v) is 13.4. The standard InChI is InChI=1S/C25H31N3O8S/c1-3-34-22-15-18(7-12-21(22)35-16-23(29)28-13-5-4-6-14-28)25(31)36-17(2)24(30)27-19-8-10-20(11-9-19)37(26,32)33/h7-12,15,17H,3-6,13-14,16H2,1-2H3,(H,27,30)(H2,26,32,33). The lowest BCUT2D eigenvalue weighted by molar-refractivity contribution is -0.134. The van der Waals surface area contributed by atoms with Crippen LogP contribution in [0.15, 0.2) is 47.4 Å². The second kappa shape index (κ2) is 12.5. The molecule has 3 rings (SSSR count). The van der Waals surface area contributed by atoms with Crippen LogP contribution in [0, 0.1) is 0 Å². The maximum Gasteiger partial charge on any atom is 0.339 e. The molecule has 0 bridgehead atoms. The van der Waals surface area contributed by atoms with E-state index in [0.717, 1.165) is 32.4 Å². The number of piperidine rings is 1.